The van der Waals surface area contributed by atoms with E-state index in [-0.39, 0.29) is 11.2 Å². The number of anilines is 1. The average Bonchev–Trinajstić information content (AvgIpc) is 3.62. The van der Waals surface area contributed by atoms with Crippen molar-refractivity contribution >= 4 is 33.2 Å². The van der Waals surface area contributed by atoms with Crippen molar-refractivity contribution in [3.05, 3.63) is 84.6 Å². The summed E-state index contributed by atoms with van der Waals surface area (Å²) in [6.07, 6.45) is 7.34. The van der Waals surface area contributed by atoms with Crippen molar-refractivity contribution in [2.24, 2.45) is 5.92 Å². The minimum Gasteiger partial charge on any atom is -0.310 e. The maximum atomic E-state index is 13.4. The molecule has 2 aliphatic carbocycles. The molecule has 2 aromatic heterocycles. The summed E-state index contributed by atoms with van der Waals surface area (Å²) in [6.45, 7) is 2.13. The van der Waals surface area contributed by atoms with E-state index >= 15 is 0 Å². The van der Waals surface area contributed by atoms with Crippen LogP contribution in [0.25, 0.3) is 22.2 Å². The Morgan fingerprint density at radius 3 is 2.61 bits per heavy atom. The zero-order valence-corrected chi connectivity index (χ0v) is 22.3. The Hall–Kier alpha value is -3.26. The highest BCUT2D eigenvalue weighted by molar-refractivity contribution is 8.24. The fraction of sp³-hybridized carbons (Fsp3) is 0.323. The van der Waals surface area contributed by atoms with Crippen LogP contribution in [0, 0.1) is 5.92 Å². The van der Waals surface area contributed by atoms with Crippen molar-refractivity contribution in [3.8, 4) is 11.3 Å². The van der Waals surface area contributed by atoms with Crippen LogP contribution in [0.3, 0.4) is 0 Å². The van der Waals surface area contributed by atoms with Crippen LogP contribution in [-0.4, -0.2) is 30.2 Å². The first kappa shape index (κ1) is 25.0. The molecule has 2 saturated carbocycles. The highest BCUT2D eigenvalue weighted by Gasteiger charge is 2.51. The number of hydrogen-bond acceptors (Lipinski definition) is 5. The monoisotopic (exact) mass is 527 g/mol. The molecule has 2 fully saturated rings. The Labute approximate surface area is 224 Å². The molecule has 2 atom stereocenters. The van der Waals surface area contributed by atoms with Gasteiger partial charge in [-0.1, -0.05) is 50.1 Å². The number of amides is 1. The maximum Gasteiger partial charge on any atom is 0.236 e. The Morgan fingerprint density at radius 2 is 1.84 bits per heavy atom. The highest BCUT2D eigenvalue weighted by atomic mass is 32.3. The number of nitrogens with one attached hydrogen (secondary N) is 1. The molecule has 0 radical (unpaired) electrons. The average molecular weight is 528 g/mol. The first-order valence-corrected chi connectivity index (χ1v) is 15.0. The molecule has 2 aliphatic rings. The van der Waals surface area contributed by atoms with Gasteiger partial charge in [-0.25, -0.2) is 4.98 Å². The third-order valence-electron chi connectivity index (χ3n) is 8.36. The van der Waals surface area contributed by atoms with E-state index < -0.39 is 16.0 Å². The second kappa shape index (κ2) is 9.80. The van der Waals surface area contributed by atoms with Crippen LogP contribution in [0.2, 0.25) is 0 Å². The van der Waals surface area contributed by atoms with Gasteiger partial charge in [-0.05, 0) is 79.6 Å². The Balaban J connectivity index is 1.19. The lowest BCUT2D eigenvalue weighted by molar-refractivity contribution is -0.118. The Morgan fingerprint density at radius 1 is 1.03 bits per heavy atom. The van der Waals surface area contributed by atoms with Gasteiger partial charge < -0.3 is 5.32 Å². The molecular formula is C31H33N3O3S. The summed E-state index contributed by atoms with van der Waals surface area (Å²) in [5, 5.41) is 4.01. The van der Waals surface area contributed by atoms with Crippen molar-refractivity contribution < 1.29 is 13.9 Å². The van der Waals surface area contributed by atoms with Gasteiger partial charge in [0.1, 0.15) is 5.82 Å². The molecule has 6 rings (SSSR count). The summed E-state index contributed by atoms with van der Waals surface area (Å²) in [5.41, 5.74) is 2.98. The number of pyridine rings is 2. The van der Waals surface area contributed by atoms with Gasteiger partial charge in [-0.2, -0.15) is 10.6 Å². The second-order valence-corrected chi connectivity index (χ2v) is 12.9. The predicted octanol–water partition coefficient (Wildman–Crippen LogP) is 7.66. The van der Waals surface area contributed by atoms with Crippen LogP contribution in [-0.2, 0) is 10.2 Å². The van der Waals surface area contributed by atoms with E-state index in [0.717, 1.165) is 66.2 Å². The molecule has 38 heavy (non-hydrogen) atoms. The third kappa shape index (κ3) is 4.49. The van der Waals surface area contributed by atoms with Crippen molar-refractivity contribution in [3.63, 3.8) is 0 Å². The van der Waals surface area contributed by atoms with Crippen molar-refractivity contribution in [2.75, 3.05) is 5.32 Å². The zero-order chi connectivity index (χ0) is 26.3. The van der Waals surface area contributed by atoms with Gasteiger partial charge in [-0.15, -0.1) is 0 Å². The van der Waals surface area contributed by atoms with Crippen LogP contribution in [0.4, 0.5) is 5.82 Å². The molecule has 196 valence electrons. The third-order valence-corrected chi connectivity index (χ3v) is 10.8. The maximum absolute atomic E-state index is 13.4. The molecule has 7 heteroatoms. The van der Waals surface area contributed by atoms with E-state index in [1.807, 2.05) is 60.7 Å². The first-order chi connectivity index (χ1) is 18.4. The largest absolute Gasteiger partial charge is 0.310 e. The summed E-state index contributed by atoms with van der Waals surface area (Å²) in [4.78, 5) is 23.1. The number of fused-ring (bicyclic) bond motifs is 1. The number of rotatable bonds is 7. The standard InChI is InChI=1S/C31H33N3O3S/c1-2-21-6-3-9-28(21)38(36,37)25-14-11-22(12-15-25)27-8-4-10-29(33-27)34-30(35)31(17-18-31)24-13-16-26-23(20-24)7-5-19-32-26/h4-5,7-8,10-16,19-21,28,36-37H,2-3,6,9,17-18H2,1H3,(H,33,34,35)/t21-,28?/m0/s1. The van der Waals surface area contributed by atoms with Gasteiger partial charge in [0.25, 0.3) is 0 Å². The smallest absolute Gasteiger partial charge is 0.236 e. The first-order valence-electron chi connectivity index (χ1n) is 13.4. The Kier molecular flexibility index (Phi) is 6.46. The molecule has 3 N–H and O–H groups in total. The molecule has 2 heterocycles. The highest BCUT2D eigenvalue weighted by Crippen LogP contribution is 2.59. The lowest BCUT2D eigenvalue weighted by Gasteiger charge is -2.41. The fourth-order valence-corrected chi connectivity index (χ4v) is 8.20. The number of carbonyl (C=O) groups excluding carboxylic acids is 1. The van der Waals surface area contributed by atoms with E-state index in [1.165, 1.54) is 0 Å². The molecule has 0 bridgehead atoms. The lowest BCUT2D eigenvalue weighted by Crippen LogP contribution is -2.28. The van der Waals surface area contributed by atoms with Gasteiger partial charge in [0.15, 0.2) is 0 Å². The molecule has 1 amide bonds. The number of nitrogens with zero attached hydrogens (tertiary/aromatic N) is 2. The van der Waals surface area contributed by atoms with Crippen LogP contribution in [0.1, 0.15) is 51.0 Å². The molecular weight excluding hydrogens is 494 g/mol. The predicted molar refractivity (Wildman–Crippen MR) is 153 cm³/mol. The molecule has 4 aromatic rings. The van der Waals surface area contributed by atoms with Crippen LogP contribution in [0.15, 0.2) is 83.9 Å². The van der Waals surface area contributed by atoms with Gasteiger partial charge in [-0.3, -0.25) is 18.9 Å². The summed E-state index contributed by atoms with van der Waals surface area (Å²) < 4.78 is 22.2. The quantitative estimate of drug-likeness (QED) is 0.229. The molecule has 1 unspecified atom stereocenters. The fourth-order valence-electron chi connectivity index (χ4n) is 5.95. The second-order valence-electron chi connectivity index (χ2n) is 10.6. The summed E-state index contributed by atoms with van der Waals surface area (Å²) >= 11 is 0. The molecule has 0 spiro atoms. The minimum absolute atomic E-state index is 0.0447. The van der Waals surface area contributed by atoms with Crippen molar-refractivity contribution in [1.82, 2.24) is 9.97 Å². The van der Waals surface area contributed by atoms with E-state index in [2.05, 4.69) is 23.3 Å². The van der Waals surface area contributed by atoms with Gasteiger partial charge >= 0.3 is 0 Å². The number of aromatic nitrogens is 2. The van der Waals surface area contributed by atoms with Crippen molar-refractivity contribution in [1.29, 1.82) is 0 Å². The number of benzene rings is 2. The molecule has 0 saturated heterocycles. The summed E-state index contributed by atoms with van der Waals surface area (Å²) in [6, 6.07) is 23.0. The molecule has 0 aliphatic heterocycles. The van der Waals surface area contributed by atoms with Gasteiger partial charge in [0.05, 0.1) is 26.8 Å². The van der Waals surface area contributed by atoms with Crippen LogP contribution >= 0.6 is 10.6 Å². The normalized spacial score (nSPS) is 20.8. The number of hydrogen-bond donors (Lipinski definition) is 3. The summed E-state index contributed by atoms with van der Waals surface area (Å²) in [5.74, 6) is 0.825. The minimum atomic E-state index is -2.85. The van der Waals surface area contributed by atoms with E-state index in [9.17, 15) is 13.9 Å². The molecule has 2 aromatic carbocycles. The van der Waals surface area contributed by atoms with E-state index in [0.29, 0.717) is 16.6 Å². The molecule has 6 nitrogen and oxygen atoms in total. The zero-order valence-electron chi connectivity index (χ0n) is 21.5. The van der Waals surface area contributed by atoms with Crippen molar-refractivity contribution in [2.45, 2.75) is 61.0 Å². The van der Waals surface area contributed by atoms with Gasteiger partial charge in [0, 0.05) is 17.1 Å². The lowest BCUT2D eigenvalue weighted by atomic mass is 9.93. The van der Waals surface area contributed by atoms with Gasteiger partial charge in [0.2, 0.25) is 5.91 Å². The van der Waals surface area contributed by atoms with E-state index in [4.69, 9.17) is 4.98 Å². The van der Waals surface area contributed by atoms with Crippen LogP contribution < -0.4 is 5.32 Å². The summed E-state index contributed by atoms with van der Waals surface area (Å²) in [7, 11) is -2.85. The van der Waals surface area contributed by atoms with Crippen LogP contribution in [0.5, 0.6) is 0 Å². The SMILES string of the molecule is CC[C@H]1CCCC1S(O)(O)c1ccc(-c2cccc(NC(=O)C3(c4ccc5ncccc5c4)CC3)n2)cc1. The van der Waals surface area contributed by atoms with E-state index in [1.54, 1.807) is 12.3 Å². The number of carbonyl (C=O) groups is 1. The Bertz CT molecular complexity index is 1480. The topological polar surface area (TPSA) is 95.3 Å².